The standard InChI is InChI=1S/C16H29N3O2/c1-4-8-17-14(12(2)3)11-16-18-15(19-21-16)10-13-7-5-6-9-20-13/h12-14,17H,4-11H2,1-3H3. The molecule has 0 aliphatic carbocycles. The molecule has 120 valence electrons. The highest BCUT2D eigenvalue weighted by molar-refractivity contribution is 4.92. The number of ether oxygens (including phenoxy) is 1. The molecular weight excluding hydrogens is 266 g/mol. The van der Waals surface area contributed by atoms with Gasteiger partial charge in [0.1, 0.15) is 0 Å². The monoisotopic (exact) mass is 295 g/mol. The summed E-state index contributed by atoms with van der Waals surface area (Å²) >= 11 is 0. The van der Waals surface area contributed by atoms with Crippen LogP contribution in [0.2, 0.25) is 0 Å². The molecule has 0 amide bonds. The van der Waals surface area contributed by atoms with E-state index in [4.69, 9.17) is 9.26 Å². The zero-order valence-electron chi connectivity index (χ0n) is 13.6. The van der Waals surface area contributed by atoms with Crippen LogP contribution in [0.5, 0.6) is 0 Å². The molecule has 5 nitrogen and oxygen atoms in total. The van der Waals surface area contributed by atoms with Crippen LogP contribution in [-0.4, -0.2) is 35.4 Å². The SMILES string of the molecule is CCCNC(Cc1nc(CC2CCCCO2)no1)C(C)C. The Morgan fingerprint density at radius 3 is 2.86 bits per heavy atom. The van der Waals surface area contributed by atoms with Gasteiger partial charge in [-0.05, 0) is 38.1 Å². The van der Waals surface area contributed by atoms with E-state index in [0.717, 1.165) is 50.6 Å². The highest BCUT2D eigenvalue weighted by atomic mass is 16.5. The van der Waals surface area contributed by atoms with Crippen molar-refractivity contribution in [2.75, 3.05) is 13.2 Å². The summed E-state index contributed by atoms with van der Waals surface area (Å²) in [4.78, 5) is 4.54. The molecule has 1 aromatic heterocycles. The van der Waals surface area contributed by atoms with Crippen molar-refractivity contribution in [1.82, 2.24) is 15.5 Å². The highest BCUT2D eigenvalue weighted by Crippen LogP contribution is 2.16. The third kappa shape index (κ3) is 5.40. The lowest BCUT2D eigenvalue weighted by Crippen LogP contribution is -2.36. The van der Waals surface area contributed by atoms with Crippen LogP contribution < -0.4 is 5.32 Å². The lowest BCUT2D eigenvalue weighted by Gasteiger charge is -2.21. The fraction of sp³-hybridized carbons (Fsp3) is 0.875. The van der Waals surface area contributed by atoms with Crippen molar-refractivity contribution >= 4 is 0 Å². The summed E-state index contributed by atoms with van der Waals surface area (Å²) in [5, 5.41) is 7.66. The van der Waals surface area contributed by atoms with E-state index in [0.29, 0.717) is 12.0 Å². The average molecular weight is 295 g/mol. The number of rotatable bonds is 8. The van der Waals surface area contributed by atoms with Crippen LogP contribution in [0.3, 0.4) is 0 Å². The average Bonchev–Trinajstić information content (AvgIpc) is 2.91. The zero-order chi connectivity index (χ0) is 15.1. The molecule has 0 radical (unpaired) electrons. The molecule has 2 rings (SSSR count). The van der Waals surface area contributed by atoms with Crippen LogP contribution in [0.25, 0.3) is 0 Å². The summed E-state index contributed by atoms with van der Waals surface area (Å²) in [5.41, 5.74) is 0. The first-order valence-corrected chi connectivity index (χ1v) is 8.35. The predicted molar refractivity (Wildman–Crippen MR) is 82.2 cm³/mol. The lowest BCUT2D eigenvalue weighted by molar-refractivity contribution is 0.0153. The molecule has 1 fully saturated rings. The first-order chi connectivity index (χ1) is 10.2. The number of nitrogens with zero attached hydrogens (tertiary/aromatic N) is 2. The maximum Gasteiger partial charge on any atom is 0.228 e. The Hall–Kier alpha value is -0.940. The molecule has 1 N–H and O–H groups in total. The smallest absolute Gasteiger partial charge is 0.228 e. The minimum atomic E-state index is 0.267. The first-order valence-electron chi connectivity index (χ1n) is 8.35. The summed E-state index contributed by atoms with van der Waals surface area (Å²) in [6, 6.07) is 0.393. The third-order valence-corrected chi connectivity index (χ3v) is 4.05. The van der Waals surface area contributed by atoms with Crippen LogP contribution >= 0.6 is 0 Å². The number of aromatic nitrogens is 2. The van der Waals surface area contributed by atoms with Gasteiger partial charge in [0, 0.05) is 25.5 Å². The molecule has 2 atom stereocenters. The van der Waals surface area contributed by atoms with Gasteiger partial charge in [-0.15, -0.1) is 0 Å². The van der Waals surface area contributed by atoms with Crippen LogP contribution in [0.1, 0.15) is 58.2 Å². The Labute approximate surface area is 127 Å². The molecule has 2 heterocycles. The van der Waals surface area contributed by atoms with Crippen molar-refractivity contribution in [2.24, 2.45) is 5.92 Å². The molecule has 5 heteroatoms. The van der Waals surface area contributed by atoms with Crippen molar-refractivity contribution in [3.8, 4) is 0 Å². The second-order valence-electron chi connectivity index (χ2n) is 6.31. The molecule has 1 aliphatic rings. The van der Waals surface area contributed by atoms with E-state index in [9.17, 15) is 0 Å². The first kappa shape index (κ1) is 16.4. The van der Waals surface area contributed by atoms with Gasteiger partial charge in [0.25, 0.3) is 0 Å². The van der Waals surface area contributed by atoms with Gasteiger partial charge in [-0.3, -0.25) is 0 Å². The van der Waals surface area contributed by atoms with Gasteiger partial charge in [0.15, 0.2) is 5.82 Å². The predicted octanol–water partition coefficient (Wildman–Crippen LogP) is 2.75. The van der Waals surface area contributed by atoms with Crippen molar-refractivity contribution < 1.29 is 9.26 Å². The van der Waals surface area contributed by atoms with Crippen LogP contribution in [0.15, 0.2) is 4.52 Å². The molecule has 2 unspecified atom stereocenters. The molecule has 1 saturated heterocycles. The Morgan fingerprint density at radius 2 is 2.19 bits per heavy atom. The van der Waals surface area contributed by atoms with E-state index in [2.05, 4.69) is 36.2 Å². The van der Waals surface area contributed by atoms with Gasteiger partial charge in [0.05, 0.1) is 6.10 Å². The fourth-order valence-electron chi connectivity index (χ4n) is 2.69. The van der Waals surface area contributed by atoms with E-state index in [1.807, 2.05) is 0 Å². The zero-order valence-corrected chi connectivity index (χ0v) is 13.6. The van der Waals surface area contributed by atoms with Gasteiger partial charge in [-0.1, -0.05) is 25.9 Å². The molecule has 0 aromatic carbocycles. The largest absolute Gasteiger partial charge is 0.378 e. The molecule has 21 heavy (non-hydrogen) atoms. The van der Waals surface area contributed by atoms with Gasteiger partial charge in [-0.25, -0.2) is 0 Å². The summed E-state index contributed by atoms with van der Waals surface area (Å²) in [7, 11) is 0. The van der Waals surface area contributed by atoms with Crippen LogP contribution in [-0.2, 0) is 17.6 Å². The molecule has 0 saturated carbocycles. The van der Waals surface area contributed by atoms with Gasteiger partial charge in [0.2, 0.25) is 5.89 Å². The molecular formula is C16H29N3O2. The molecule has 1 aromatic rings. The Bertz CT molecular complexity index is 400. The van der Waals surface area contributed by atoms with Crippen LogP contribution in [0, 0.1) is 5.92 Å². The topological polar surface area (TPSA) is 60.2 Å². The molecule has 0 bridgehead atoms. The summed E-state index contributed by atoms with van der Waals surface area (Å²) in [6.45, 7) is 8.52. The Balaban J connectivity index is 1.85. The van der Waals surface area contributed by atoms with Crippen molar-refractivity contribution in [2.45, 2.75) is 71.4 Å². The Morgan fingerprint density at radius 1 is 1.33 bits per heavy atom. The Kier molecular flexibility index (Phi) is 6.64. The minimum absolute atomic E-state index is 0.267. The summed E-state index contributed by atoms with van der Waals surface area (Å²) < 4.78 is 11.1. The fourth-order valence-corrected chi connectivity index (χ4v) is 2.69. The van der Waals surface area contributed by atoms with Crippen molar-refractivity contribution in [1.29, 1.82) is 0 Å². The maximum atomic E-state index is 5.73. The van der Waals surface area contributed by atoms with Crippen LogP contribution in [0.4, 0.5) is 0 Å². The third-order valence-electron chi connectivity index (χ3n) is 4.05. The number of nitrogens with one attached hydrogen (secondary N) is 1. The van der Waals surface area contributed by atoms with E-state index in [1.165, 1.54) is 12.8 Å². The van der Waals surface area contributed by atoms with Gasteiger partial charge in [-0.2, -0.15) is 4.98 Å². The van der Waals surface area contributed by atoms with Gasteiger partial charge >= 0.3 is 0 Å². The number of hydrogen-bond acceptors (Lipinski definition) is 5. The van der Waals surface area contributed by atoms with E-state index in [-0.39, 0.29) is 6.10 Å². The summed E-state index contributed by atoms with van der Waals surface area (Å²) in [6.07, 6.45) is 6.50. The highest BCUT2D eigenvalue weighted by Gasteiger charge is 2.20. The van der Waals surface area contributed by atoms with Gasteiger partial charge < -0.3 is 14.6 Å². The second-order valence-corrected chi connectivity index (χ2v) is 6.31. The van der Waals surface area contributed by atoms with Crippen molar-refractivity contribution in [3.05, 3.63) is 11.7 Å². The quantitative estimate of drug-likeness (QED) is 0.799. The van der Waals surface area contributed by atoms with Crippen molar-refractivity contribution in [3.63, 3.8) is 0 Å². The maximum absolute atomic E-state index is 5.73. The van der Waals surface area contributed by atoms with E-state index < -0.39 is 0 Å². The number of hydrogen-bond donors (Lipinski definition) is 1. The lowest BCUT2D eigenvalue weighted by atomic mass is 10.0. The van der Waals surface area contributed by atoms with E-state index in [1.54, 1.807) is 0 Å². The normalized spacial score (nSPS) is 20.9. The molecule has 0 spiro atoms. The van der Waals surface area contributed by atoms with E-state index >= 15 is 0 Å². The summed E-state index contributed by atoms with van der Waals surface area (Å²) in [5.74, 6) is 2.08. The minimum Gasteiger partial charge on any atom is -0.378 e. The second kappa shape index (κ2) is 8.49. The molecule has 1 aliphatic heterocycles.